The van der Waals surface area contributed by atoms with Crippen LogP contribution < -0.4 is 5.32 Å². The quantitative estimate of drug-likeness (QED) is 0.835. The summed E-state index contributed by atoms with van der Waals surface area (Å²) in [7, 11) is 0. The van der Waals surface area contributed by atoms with Gasteiger partial charge in [-0.2, -0.15) is 4.37 Å². The Hall–Kier alpha value is -1.13. The summed E-state index contributed by atoms with van der Waals surface area (Å²) in [6.07, 6.45) is 0. The lowest BCUT2D eigenvalue weighted by molar-refractivity contribution is 1.17. The molecule has 0 atom stereocenters. The van der Waals surface area contributed by atoms with Crippen LogP contribution in [0.4, 0.5) is 10.8 Å². The largest absolute Gasteiger partial charge is 0.330 e. The molecule has 1 aromatic heterocycles. The Morgan fingerprint density at radius 2 is 2.07 bits per heavy atom. The van der Waals surface area contributed by atoms with E-state index in [2.05, 4.69) is 14.7 Å². The lowest BCUT2D eigenvalue weighted by Gasteiger charge is -2.02. The second kappa shape index (κ2) is 4.59. The molecular formula is C10H10ClN3S. The van der Waals surface area contributed by atoms with Crippen LogP contribution in [0.15, 0.2) is 24.3 Å². The number of benzene rings is 1. The van der Waals surface area contributed by atoms with Crippen molar-refractivity contribution in [1.82, 2.24) is 9.36 Å². The van der Waals surface area contributed by atoms with E-state index in [1.165, 1.54) is 11.5 Å². The number of hydrogen-bond acceptors (Lipinski definition) is 4. The molecule has 0 amide bonds. The van der Waals surface area contributed by atoms with Crippen molar-refractivity contribution in [1.29, 1.82) is 0 Å². The van der Waals surface area contributed by atoms with Gasteiger partial charge >= 0.3 is 0 Å². The smallest absolute Gasteiger partial charge is 0.207 e. The number of aryl methyl sites for hydroxylation is 1. The fraction of sp³-hybridized carbons (Fsp3) is 0.200. The van der Waals surface area contributed by atoms with Gasteiger partial charge < -0.3 is 5.32 Å². The van der Waals surface area contributed by atoms with E-state index in [1.54, 1.807) is 0 Å². The van der Waals surface area contributed by atoms with Crippen LogP contribution in [0.2, 0.25) is 0 Å². The number of halogens is 1. The summed E-state index contributed by atoms with van der Waals surface area (Å²) in [5.74, 6) is 1.33. The van der Waals surface area contributed by atoms with E-state index >= 15 is 0 Å². The van der Waals surface area contributed by atoms with Gasteiger partial charge in [0.05, 0.1) is 0 Å². The third-order valence-corrected chi connectivity index (χ3v) is 2.92. The van der Waals surface area contributed by atoms with Crippen molar-refractivity contribution >= 4 is 34.0 Å². The maximum absolute atomic E-state index is 5.70. The summed E-state index contributed by atoms with van der Waals surface area (Å²) in [6, 6.07) is 7.94. The molecule has 0 saturated carbocycles. The molecule has 0 unspecified atom stereocenters. The average Bonchev–Trinajstić information content (AvgIpc) is 2.65. The monoisotopic (exact) mass is 239 g/mol. The van der Waals surface area contributed by atoms with Crippen LogP contribution in [0.25, 0.3) is 0 Å². The first-order valence-electron chi connectivity index (χ1n) is 4.50. The van der Waals surface area contributed by atoms with E-state index in [0.29, 0.717) is 5.88 Å². The van der Waals surface area contributed by atoms with Crippen LogP contribution in [-0.4, -0.2) is 9.36 Å². The van der Waals surface area contributed by atoms with Crippen molar-refractivity contribution in [2.24, 2.45) is 0 Å². The Kier molecular flexibility index (Phi) is 3.18. The highest BCUT2D eigenvalue weighted by Crippen LogP contribution is 2.18. The molecule has 0 fully saturated rings. The minimum atomic E-state index is 0.540. The summed E-state index contributed by atoms with van der Waals surface area (Å²) in [6.45, 7) is 1.87. The second-order valence-electron chi connectivity index (χ2n) is 3.10. The highest BCUT2D eigenvalue weighted by atomic mass is 35.5. The van der Waals surface area contributed by atoms with Crippen LogP contribution in [0, 0.1) is 6.92 Å². The average molecular weight is 240 g/mol. The Morgan fingerprint density at radius 1 is 1.33 bits per heavy atom. The molecule has 3 nitrogen and oxygen atoms in total. The fourth-order valence-electron chi connectivity index (χ4n) is 1.15. The van der Waals surface area contributed by atoms with E-state index in [9.17, 15) is 0 Å². The summed E-state index contributed by atoms with van der Waals surface area (Å²) in [5.41, 5.74) is 2.11. The van der Waals surface area contributed by atoms with Crippen molar-refractivity contribution in [3.8, 4) is 0 Å². The fourth-order valence-corrected chi connectivity index (χ4v) is 1.92. The predicted octanol–water partition coefficient (Wildman–Crippen LogP) is 3.33. The minimum Gasteiger partial charge on any atom is -0.330 e. The van der Waals surface area contributed by atoms with E-state index in [-0.39, 0.29) is 0 Å². The van der Waals surface area contributed by atoms with Crippen LogP contribution in [0.1, 0.15) is 11.4 Å². The predicted molar refractivity (Wildman–Crippen MR) is 63.9 cm³/mol. The zero-order chi connectivity index (χ0) is 10.7. The van der Waals surface area contributed by atoms with Crippen LogP contribution in [0.3, 0.4) is 0 Å². The molecule has 0 bridgehead atoms. The van der Waals surface area contributed by atoms with E-state index in [1.807, 2.05) is 31.2 Å². The molecule has 0 aliphatic carbocycles. The molecule has 0 aliphatic heterocycles. The first-order chi connectivity index (χ1) is 7.28. The normalized spacial score (nSPS) is 10.3. The number of hydrogen-bond donors (Lipinski definition) is 1. The summed E-state index contributed by atoms with van der Waals surface area (Å²) >= 11 is 7.06. The lowest BCUT2D eigenvalue weighted by Crippen LogP contribution is -1.89. The van der Waals surface area contributed by atoms with Gasteiger partial charge in [-0.15, -0.1) is 11.6 Å². The molecular weight excluding hydrogens is 230 g/mol. The third kappa shape index (κ3) is 2.67. The summed E-state index contributed by atoms with van der Waals surface area (Å²) in [4.78, 5) is 4.22. The molecule has 0 spiro atoms. The number of aromatic nitrogens is 2. The van der Waals surface area contributed by atoms with E-state index in [0.717, 1.165) is 22.2 Å². The number of alkyl halides is 1. The number of nitrogens with one attached hydrogen (secondary N) is 1. The molecule has 2 rings (SSSR count). The van der Waals surface area contributed by atoms with Gasteiger partial charge in [0.15, 0.2) is 0 Å². The van der Waals surface area contributed by atoms with Gasteiger partial charge in [0.1, 0.15) is 5.82 Å². The molecule has 0 saturated heterocycles. The summed E-state index contributed by atoms with van der Waals surface area (Å²) in [5, 5.41) is 3.99. The molecule has 78 valence electrons. The van der Waals surface area contributed by atoms with Gasteiger partial charge in [-0.25, -0.2) is 4.98 Å². The third-order valence-electron chi connectivity index (χ3n) is 1.89. The Labute approximate surface area is 97.3 Å². The number of anilines is 2. The molecule has 1 aromatic carbocycles. The van der Waals surface area contributed by atoms with Gasteiger partial charge in [-0.1, -0.05) is 12.1 Å². The van der Waals surface area contributed by atoms with Crippen molar-refractivity contribution in [3.63, 3.8) is 0 Å². The highest BCUT2D eigenvalue weighted by Gasteiger charge is 2.00. The molecule has 0 radical (unpaired) electrons. The summed E-state index contributed by atoms with van der Waals surface area (Å²) < 4.78 is 4.09. The minimum absolute atomic E-state index is 0.540. The first-order valence-corrected chi connectivity index (χ1v) is 5.81. The molecule has 1 N–H and O–H groups in total. The van der Waals surface area contributed by atoms with E-state index in [4.69, 9.17) is 11.6 Å². The number of nitrogens with zero attached hydrogens (tertiary/aromatic N) is 2. The Balaban J connectivity index is 2.11. The van der Waals surface area contributed by atoms with Crippen molar-refractivity contribution in [2.75, 3.05) is 5.32 Å². The lowest BCUT2D eigenvalue weighted by atomic mass is 10.2. The van der Waals surface area contributed by atoms with Gasteiger partial charge in [-0.05, 0) is 24.6 Å². The standard InChI is InChI=1S/C10H10ClN3S/c1-7-12-10(15-14-7)13-9-4-2-8(6-11)3-5-9/h2-5H,6H2,1H3,(H,12,13,14). The van der Waals surface area contributed by atoms with Crippen molar-refractivity contribution < 1.29 is 0 Å². The zero-order valence-electron chi connectivity index (χ0n) is 8.20. The highest BCUT2D eigenvalue weighted by molar-refractivity contribution is 7.09. The van der Waals surface area contributed by atoms with Crippen LogP contribution in [-0.2, 0) is 5.88 Å². The van der Waals surface area contributed by atoms with Gasteiger partial charge in [0.25, 0.3) is 0 Å². The van der Waals surface area contributed by atoms with Crippen molar-refractivity contribution in [3.05, 3.63) is 35.7 Å². The molecule has 15 heavy (non-hydrogen) atoms. The van der Waals surface area contributed by atoms with Crippen LogP contribution in [0.5, 0.6) is 0 Å². The maximum atomic E-state index is 5.70. The maximum Gasteiger partial charge on any atom is 0.207 e. The zero-order valence-corrected chi connectivity index (χ0v) is 9.77. The molecule has 2 aromatic rings. The molecule has 5 heteroatoms. The molecule has 0 aliphatic rings. The van der Waals surface area contributed by atoms with Gasteiger partial charge in [0.2, 0.25) is 5.13 Å². The van der Waals surface area contributed by atoms with Gasteiger partial charge in [-0.3, -0.25) is 0 Å². The van der Waals surface area contributed by atoms with Crippen LogP contribution >= 0.6 is 23.1 Å². The van der Waals surface area contributed by atoms with E-state index < -0.39 is 0 Å². The van der Waals surface area contributed by atoms with Crippen molar-refractivity contribution in [2.45, 2.75) is 12.8 Å². The SMILES string of the molecule is Cc1nsc(Nc2ccc(CCl)cc2)n1. The topological polar surface area (TPSA) is 37.8 Å². The Morgan fingerprint density at radius 3 is 2.60 bits per heavy atom. The van der Waals surface area contributed by atoms with Gasteiger partial charge in [0, 0.05) is 23.1 Å². The Bertz CT molecular complexity index is 438. The first kappa shape index (κ1) is 10.4. The number of rotatable bonds is 3. The molecule has 1 heterocycles. The second-order valence-corrected chi connectivity index (χ2v) is 4.12.